The Morgan fingerprint density at radius 2 is 1.47 bits per heavy atom. The molecule has 4 nitrogen and oxygen atoms in total. The fourth-order valence-electron chi connectivity index (χ4n) is 1.30. The number of sulfone groups is 1. The average Bonchev–Trinajstić information content (AvgIpc) is 2.13. The molecule has 96 valence electrons. The zero-order chi connectivity index (χ0) is 13.1. The van der Waals surface area contributed by atoms with E-state index < -0.39 is 18.9 Å². The van der Waals surface area contributed by atoms with Crippen LogP contribution >= 0.6 is 10.7 Å². The van der Waals surface area contributed by atoms with Gasteiger partial charge in [0.05, 0.1) is 11.5 Å². The molecule has 1 rings (SSSR count). The molecule has 0 bridgehead atoms. The van der Waals surface area contributed by atoms with Gasteiger partial charge in [0.15, 0.2) is 0 Å². The standard InChI is InChI=1S/C10H13ClO4S2/c1-16(12,13)7-6-9-2-4-10(5-3-9)8-17(11,14)15/h2-5H,6-8H2,1H3. The summed E-state index contributed by atoms with van der Waals surface area (Å²) in [7, 11) is -1.41. The maximum atomic E-state index is 11.0. The van der Waals surface area contributed by atoms with Crippen molar-refractivity contribution in [3.63, 3.8) is 0 Å². The zero-order valence-electron chi connectivity index (χ0n) is 9.26. The third-order valence-corrected chi connectivity index (χ3v) is 4.07. The minimum absolute atomic E-state index is 0.0835. The minimum Gasteiger partial charge on any atom is -0.229 e. The quantitative estimate of drug-likeness (QED) is 0.769. The van der Waals surface area contributed by atoms with Crippen molar-refractivity contribution in [1.29, 1.82) is 0 Å². The predicted molar refractivity (Wildman–Crippen MR) is 68.3 cm³/mol. The van der Waals surface area contributed by atoms with Crippen LogP contribution in [0.15, 0.2) is 24.3 Å². The Labute approximate surface area is 106 Å². The Kier molecular flexibility index (Phi) is 4.57. The van der Waals surface area contributed by atoms with Crippen molar-refractivity contribution in [3.05, 3.63) is 35.4 Å². The summed E-state index contributed by atoms with van der Waals surface area (Å²) in [5, 5.41) is 0. The van der Waals surface area contributed by atoms with Gasteiger partial charge in [-0.3, -0.25) is 0 Å². The molecular formula is C10H13ClO4S2. The number of rotatable bonds is 5. The van der Waals surface area contributed by atoms with Gasteiger partial charge >= 0.3 is 0 Å². The second-order valence-corrected chi connectivity index (χ2v) is 8.92. The van der Waals surface area contributed by atoms with Crippen molar-refractivity contribution < 1.29 is 16.8 Å². The Bertz CT molecular complexity index is 573. The normalized spacial score (nSPS) is 12.6. The van der Waals surface area contributed by atoms with Gasteiger partial charge in [-0.25, -0.2) is 16.8 Å². The van der Waals surface area contributed by atoms with Crippen molar-refractivity contribution >= 4 is 29.6 Å². The van der Waals surface area contributed by atoms with Crippen LogP contribution in [0.3, 0.4) is 0 Å². The van der Waals surface area contributed by atoms with E-state index in [1.54, 1.807) is 24.3 Å². The van der Waals surface area contributed by atoms with E-state index >= 15 is 0 Å². The van der Waals surface area contributed by atoms with Gasteiger partial charge in [0, 0.05) is 16.9 Å². The lowest BCUT2D eigenvalue weighted by Crippen LogP contribution is -2.05. The first-order valence-electron chi connectivity index (χ1n) is 4.84. The monoisotopic (exact) mass is 296 g/mol. The molecule has 1 aromatic carbocycles. The van der Waals surface area contributed by atoms with Crippen LogP contribution in [0, 0.1) is 0 Å². The maximum absolute atomic E-state index is 11.0. The van der Waals surface area contributed by atoms with Gasteiger partial charge in [-0.05, 0) is 17.5 Å². The molecule has 0 N–H and O–H groups in total. The van der Waals surface area contributed by atoms with Crippen LogP contribution < -0.4 is 0 Å². The van der Waals surface area contributed by atoms with Crippen LogP contribution in [0.1, 0.15) is 11.1 Å². The second kappa shape index (κ2) is 5.37. The van der Waals surface area contributed by atoms with Gasteiger partial charge in [0.25, 0.3) is 0 Å². The molecule has 0 amide bonds. The first-order chi connectivity index (χ1) is 7.66. The SMILES string of the molecule is CS(=O)(=O)CCc1ccc(CS(=O)(=O)Cl)cc1. The Morgan fingerprint density at radius 1 is 1.00 bits per heavy atom. The lowest BCUT2D eigenvalue weighted by molar-refractivity contribution is 0.601. The lowest BCUT2D eigenvalue weighted by Gasteiger charge is -2.02. The number of hydrogen-bond donors (Lipinski definition) is 0. The Hall–Kier alpha value is -0.590. The van der Waals surface area contributed by atoms with Crippen LogP contribution in [0.4, 0.5) is 0 Å². The van der Waals surface area contributed by atoms with E-state index in [0.29, 0.717) is 12.0 Å². The van der Waals surface area contributed by atoms with Crippen LogP contribution in [0.5, 0.6) is 0 Å². The number of benzene rings is 1. The van der Waals surface area contributed by atoms with E-state index in [1.165, 1.54) is 6.26 Å². The van der Waals surface area contributed by atoms with E-state index in [0.717, 1.165) is 5.56 Å². The molecule has 0 aliphatic rings. The molecular weight excluding hydrogens is 284 g/mol. The van der Waals surface area contributed by atoms with Crippen molar-refractivity contribution in [2.75, 3.05) is 12.0 Å². The second-order valence-electron chi connectivity index (χ2n) is 3.88. The van der Waals surface area contributed by atoms with Gasteiger partial charge in [0.2, 0.25) is 9.05 Å². The zero-order valence-corrected chi connectivity index (χ0v) is 11.6. The van der Waals surface area contributed by atoms with E-state index in [9.17, 15) is 16.8 Å². The summed E-state index contributed by atoms with van der Waals surface area (Å²) in [6.45, 7) is 0. The third kappa shape index (κ3) is 6.65. The predicted octanol–water partition coefficient (Wildman–Crippen LogP) is 1.34. The third-order valence-electron chi connectivity index (χ3n) is 2.12. The molecule has 0 heterocycles. The molecule has 0 saturated heterocycles. The van der Waals surface area contributed by atoms with Crippen LogP contribution in [0.25, 0.3) is 0 Å². The lowest BCUT2D eigenvalue weighted by atomic mass is 10.1. The first kappa shape index (κ1) is 14.5. The Balaban J connectivity index is 2.69. The average molecular weight is 297 g/mol. The van der Waals surface area contributed by atoms with Crippen molar-refractivity contribution in [1.82, 2.24) is 0 Å². The molecule has 0 aliphatic heterocycles. The van der Waals surface area contributed by atoms with Crippen molar-refractivity contribution in [2.45, 2.75) is 12.2 Å². The highest BCUT2D eigenvalue weighted by Gasteiger charge is 2.07. The first-order valence-corrected chi connectivity index (χ1v) is 9.37. The van der Waals surface area contributed by atoms with Gasteiger partial charge < -0.3 is 0 Å². The van der Waals surface area contributed by atoms with Crippen LogP contribution in [0.2, 0.25) is 0 Å². The summed E-state index contributed by atoms with van der Waals surface area (Å²) in [5.74, 6) is -0.138. The molecule has 17 heavy (non-hydrogen) atoms. The molecule has 1 aromatic rings. The Morgan fingerprint density at radius 3 is 1.88 bits per heavy atom. The highest BCUT2D eigenvalue weighted by atomic mass is 35.7. The maximum Gasteiger partial charge on any atom is 0.236 e. The summed E-state index contributed by atoms with van der Waals surface area (Å²) in [5.41, 5.74) is 1.44. The van der Waals surface area contributed by atoms with E-state index in [2.05, 4.69) is 0 Å². The summed E-state index contributed by atoms with van der Waals surface area (Å²) in [6, 6.07) is 6.69. The molecule has 0 radical (unpaired) electrons. The van der Waals surface area contributed by atoms with Gasteiger partial charge in [-0.2, -0.15) is 0 Å². The summed E-state index contributed by atoms with van der Waals surface area (Å²) in [6.07, 6.45) is 1.61. The van der Waals surface area contributed by atoms with Crippen molar-refractivity contribution in [2.24, 2.45) is 0 Å². The molecule has 0 unspecified atom stereocenters. The number of aryl methyl sites for hydroxylation is 1. The molecule has 7 heteroatoms. The van der Waals surface area contributed by atoms with Crippen LogP contribution in [-0.2, 0) is 31.1 Å². The highest BCUT2D eigenvalue weighted by Crippen LogP contribution is 2.11. The number of halogens is 1. The van der Waals surface area contributed by atoms with Gasteiger partial charge in [-0.15, -0.1) is 0 Å². The highest BCUT2D eigenvalue weighted by molar-refractivity contribution is 8.13. The molecule has 0 atom stereocenters. The number of hydrogen-bond acceptors (Lipinski definition) is 4. The fourth-order valence-corrected chi connectivity index (χ4v) is 2.88. The largest absolute Gasteiger partial charge is 0.236 e. The summed E-state index contributed by atoms with van der Waals surface area (Å²) < 4.78 is 43.6. The van der Waals surface area contributed by atoms with Gasteiger partial charge in [0.1, 0.15) is 9.84 Å². The van der Waals surface area contributed by atoms with Crippen LogP contribution in [-0.4, -0.2) is 28.8 Å². The topological polar surface area (TPSA) is 68.3 Å². The van der Waals surface area contributed by atoms with E-state index in [4.69, 9.17) is 10.7 Å². The summed E-state index contributed by atoms with van der Waals surface area (Å²) in [4.78, 5) is 0. The molecule has 0 aliphatic carbocycles. The molecule has 0 aromatic heterocycles. The van der Waals surface area contributed by atoms with Crippen molar-refractivity contribution in [3.8, 4) is 0 Å². The van der Waals surface area contributed by atoms with E-state index in [-0.39, 0.29) is 11.5 Å². The van der Waals surface area contributed by atoms with Gasteiger partial charge in [-0.1, -0.05) is 24.3 Å². The molecule has 0 spiro atoms. The minimum atomic E-state index is -3.55. The fraction of sp³-hybridized carbons (Fsp3) is 0.400. The van der Waals surface area contributed by atoms with E-state index in [1.807, 2.05) is 0 Å². The summed E-state index contributed by atoms with van der Waals surface area (Å²) >= 11 is 0. The molecule has 0 fully saturated rings. The molecule has 0 saturated carbocycles. The smallest absolute Gasteiger partial charge is 0.229 e.